The van der Waals surface area contributed by atoms with E-state index in [2.05, 4.69) is 5.32 Å². The van der Waals surface area contributed by atoms with Gasteiger partial charge in [0.15, 0.2) is 0 Å². The van der Waals surface area contributed by atoms with Crippen LogP contribution < -0.4 is 9.62 Å². The molecule has 0 radical (unpaired) electrons. The molecular formula is C34H36ClN3O4S. The van der Waals surface area contributed by atoms with Gasteiger partial charge in [0.1, 0.15) is 12.6 Å². The number of nitrogens with one attached hydrogen (secondary N) is 1. The Labute approximate surface area is 259 Å². The van der Waals surface area contributed by atoms with Gasteiger partial charge in [0.2, 0.25) is 11.8 Å². The van der Waals surface area contributed by atoms with E-state index in [1.54, 1.807) is 54.6 Å². The average Bonchev–Trinajstić information content (AvgIpc) is 3.01. The summed E-state index contributed by atoms with van der Waals surface area (Å²) in [5.74, 6) is -0.831. The van der Waals surface area contributed by atoms with Crippen LogP contribution in [0.5, 0.6) is 0 Å². The molecule has 4 rings (SSSR count). The summed E-state index contributed by atoms with van der Waals surface area (Å²) in [7, 11) is -4.13. The Morgan fingerprint density at radius 3 is 2.14 bits per heavy atom. The van der Waals surface area contributed by atoms with Gasteiger partial charge >= 0.3 is 0 Å². The fourth-order valence-corrected chi connectivity index (χ4v) is 6.42. The van der Waals surface area contributed by atoms with Gasteiger partial charge in [-0.3, -0.25) is 13.9 Å². The van der Waals surface area contributed by atoms with Crippen LogP contribution in [0.15, 0.2) is 114 Å². The molecular weight excluding hydrogens is 582 g/mol. The predicted molar refractivity (Wildman–Crippen MR) is 171 cm³/mol. The van der Waals surface area contributed by atoms with Gasteiger partial charge in [-0.05, 0) is 66.4 Å². The van der Waals surface area contributed by atoms with Crippen molar-refractivity contribution in [3.8, 4) is 0 Å². The largest absolute Gasteiger partial charge is 0.354 e. The molecule has 2 amide bonds. The van der Waals surface area contributed by atoms with E-state index in [0.29, 0.717) is 17.3 Å². The number of carbonyl (C=O) groups is 2. The smallest absolute Gasteiger partial charge is 0.264 e. The Hall–Kier alpha value is -4.14. The third-order valence-corrected chi connectivity index (χ3v) is 8.99. The molecule has 0 aliphatic rings. The first kappa shape index (κ1) is 31.8. The first-order valence-corrected chi connectivity index (χ1v) is 16.0. The molecule has 0 heterocycles. The van der Waals surface area contributed by atoms with Crippen molar-refractivity contribution in [2.75, 3.05) is 17.4 Å². The van der Waals surface area contributed by atoms with Gasteiger partial charge in [-0.1, -0.05) is 91.3 Å². The van der Waals surface area contributed by atoms with E-state index >= 15 is 0 Å². The summed E-state index contributed by atoms with van der Waals surface area (Å²) in [5.41, 5.74) is 2.79. The normalized spacial score (nSPS) is 11.9. The number of carbonyl (C=O) groups excluding carboxylic acids is 2. The number of benzene rings is 4. The molecule has 224 valence electrons. The van der Waals surface area contributed by atoms with Crippen LogP contribution in [0.25, 0.3) is 0 Å². The molecule has 4 aromatic carbocycles. The number of hydrogen-bond donors (Lipinski definition) is 1. The highest BCUT2D eigenvalue weighted by atomic mass is 35.5. The van der Waals surface area contributed by atoms with Crippen LogP contribution in [0.4, 0.5) is 5.69 Å². The fraction of sp³-hybridized carbons (Fsp3) is 0.235. The molecule has 0 aliphatic carbocycles. The van der Waals surface area contributed by atoms with Crippen molar-refractivity contribution in [3.63, 3.8) is 0 Å². The molecule has 1 N–H and O–H groups in total. The Kier molecular flexibility index (Phi) is 11.0. The molecule has 0 saturated heterocycles. The number of rotatable bonds is 13. The van der Waals surface area contributed by atoms with E-state index in [0.717, 1.165) is 27.4 Å². The van der Waals surface area contributed by atoms with Gasteiger partial charge in [-0.25, -0.2) is 8.42 Å². The van der Waals surface area contributed by atoms with E-state index in [1.165, 1.54) is 17.0 Å². The zero-order chi connectivity index (χ0) is 30.8. The van der Waals surface area contributed by atoms with Crippen molar-refractivity contribution in [1.82, 2.24) is 10.2 Å². The lowest BCUT2D eigenvalue weighted by molar-refractivity contribution is -0.140. The third-order valence-electron chi connectivity index (χ3n) is 6.96. The molecule has 7 nitrogen and oxygen atoms in total. The molecule has 4 aromatic rings. The van der Waals surface area contributed by atoms with Crippen LogP contribution in [0.1, 0.15) is 30.0 Å². The first-order valence-electron chi connectivity index (χ1n) is 14.2. The molecule has 0 aliphatic heterocycles. The lowest BCUT2D eigenvalue weighted by Crippen LogP contribution is -2.53. The second kappa shape index (κ2) is 14.8. The van der Waals surface area contributed by atoms with E-state index in [1.807, 2.05) is 56.3 Å². The number of sulfonamides is 1. The van der Waals surface area contributed by atoms with E-state index < -0.39 is 28.5 Å². The SMILES string of the molecule is CCCNC(=O)[C@H](Cc1ccccc1)N(Cc1cccc(Cl)c1)C(=O)CN(c1cccc(C)c1)S(=O)(=O)c1ccccc1. The van der Waals surface area contributed by atoms with Crippen LogP contribution in [0.2, 0.25) is 5.02 Å². The second-order valence-corrected chi connectivity index (χ2v) is 12.6. The number of amides is 2. The van der Waals surface area contributed by atoms with Gasteiger partial charge in [-0.15, -0.1) is 0 Å². The number of halogens is 1. The van der Waals surface area contributed by atoms with E-state index in [-0.39, 0.29) is 23.8 Å². The molecule has 0 spiro atoms. The highest BCUT2D eigenvalue weighted by Gasteiger charge is 2.34. The summed E-state index contributed by atoms with van der Waals surface area (Å²) >= 11 is 6.28. The fourth-order valence-electron chi connectivity index (χ4n) is 4.78. The Morgan fingerprint density at radius 2 is 1.49 bits per heavy atom. The zero-order valence-corrected chi connectivity index (χ0v) is 25.9. The highest BCUT2D eigenvalue weighted by molar-refractivity contribution is 7.92. The van der Waals surface area contributed by atoms with Crippen molar-refractivity contribution in [3.05, 3.63) is 131 Å². The van der Waals surface area contributed by atoms with Crippen molar-refractivity contribution in [2.24, 2.45) is 0 Å². The van der Waals surface area contributed by atoms with Gasteiger partial charge in [0.25, 0.3) is 10.0 Å². The van der Waals surface area contributed by atoms with Gasteiger partial charge in [0.05, 0.1) is 10.6 Å². The van der Waals surface area contributed by atoms with Crippen LogP contribution >= 0.6 is 11.6 Å². The van der Waals surface area contributed by atoms with E-state index in [4.69, 9.17) is 11.6 Å². The molecule has 43 heavy (non-hydrogen) atoms. The van der Waals surface area contributed by atoms with Crippen molar-refractivity contribution in [2.45, 2.75) is 44.2 Å². The topological polar surface area (TPSA) is 86.8 Å². The summed E-state index contributed by atoms with van der Waals surface area (Å²) in [6.07, 6.45) is 0.973. The Morgan fingerprint density at radius 1 is 0.837 bits per heavy atom. The third kappa shape index (κ3) is 8.46. The minimum absolute atomic E-state index is 0.0590. The number of nitrogens with zero attached hydrogens (tertiary/aromatic N) is 2. The summed E-state index contributed by atoms with van der Waals surface area (Å²) < 4.78 is 29.1. The molecule has 0 bridgehead atoms. The number of aryl methyl sites for hydroxylation is 1. The summed E-state index contributed by atoms with van der Waals surface area (Å²) in [5, 5.41) is 3.44. The van der Waals surface area contributed by atoms with Crippen molar-refractivity contribution < 1.29 is 18.0 Å². The Balaban J connectivity index is 1.79. The highest BCUT2D eigenvalue weighted by Crippen LogP contribution is 2.26. The molecule has 1 atom stereocenters. The van der Waals surface area contributed by atoms with Crippen LogP contribution in [0, 0.1) is 6.92 Å². The minimum Gasteiger partial charge on any atom is -0.354 e. The maximum Gasteiger partial charge on any atom is 0.264 e. The van der Waals surface area contributed by atoms with Crippen molar-refractivity contribution >= 4 is 39.1 Å². The molecule has 9 heteroatoms. The minimum atomic E-state index is -4.13. The molecule has 0 unspecified atom stereocenters. The summed E-state index contributed by atoms with van der Waals surface area (Å²) in [4.78, 5) is 29.6. The van der Waals surface area contributed by atoms with Crippen LogP contribution in [-0.4, -0.2) is 44.3 Å². The number of hydrogen-bond acceptors (Lipinski definition) is 4. The second-order valence-electron chi connectivity index (χ2n) is 10.3. The maximum absolute atomic E-state index is 14.4. The monoisotopic (exact) mass is 617 g/mol. The van der Waals surface area contributed by atoms with Gasteiger partial charge in [-0.2, -0.15) is 0 Å². The zero-order valence-electron chi connectivity index (χ0n) is 24.3. The molecule has 0 saturated carbocycles. The molecule has 0 aromatic heterocycles. The molecule has 0 fully saturated rings. The van der Waals surface area contributed by atoms with Gasteiger partial charge in [0, 0.05) is 24.5 Å². The Bertz CT molecular complexity index is 1630. The van der Waals surface area contributed by atoms with Crippen LogP contribution in [-0.2, 0) is 32.6 Å². The summed E-state index contributed by atoms with van der Waals surface area (Å²) in [6.45, 7) is 3.81. The summed E-state index contributed by atoms with van der Waals surface area (Å²) in [6, 6.07) is 30.7. The lowest BCUT2D eigenvalue weighted by Gasteiger charge is -2.34. The van der Waals surface area contributed by atoms with Gasteiger partial charge < -0.3 is 10.2 Å². The first-order chi connectivity index (χ1) is 20.7. The van der Waals surface area contributed by atoms with E-state index in [9.17, 15) is 18.0 Å². The predicted octanol–water partition coefficient (Wildman–Crippen LogP) is 6.01. The van der Waals surface area contributed by atoms with Crippen molar-refractivity contribution in [1.29, 1.82) is 0 Å². The average molecular weight is 618 g/mol. The lowest BCUT2D eigenvalue weighted by atomic mass is 10.0. The van der Waals surface area contributed by atoms with Crippen LogP contribution in [0.3, 0.4) is 0 Å². The quantitative estimate of drug-likeness (QED) is 0.199. The standard InChI is InChI=1S/C34H36ClN3O4S/c1-3-20-36-34(40)32(23-27-13-6-4-7-14-27)37(24-28-15-11-16-29(35)22-28)33(39)25-38(30-17-10-12-26(2)21-30)43(41,42)31-18-8-5-9-19-31/h4-19,21-22,32H,3,20,23-25H2,1-2H3,(H,36,40)/t32-/m0/s1. The number of anilines is 1. The maximum atomic E-state index is 14.4.